The predicted molar refractivity (Wildman–Crippen MR) is 78.8 cm³/mol. The number of phenols is 1. The normalized spacial score (nSPS) is 10.5. The molecule has 0 radical (unpaired) electrons. The number of amides is 1. The number of primary amides is 1. The topological polar surface area (TPSA) is 102 Å². The number of thiazole rings is 1. The highest BCUT2D eigenvalue weighted by Crippen LogP contribution is 2.29. The summed E-state index contributed by atoms with van der Waals surface area (Å²) in [6.45, 7) is 0. The van der Waals surface area contributed by atoms with Crippen molar-refractivity contribution in [2.45, 2.75) is 0 Å². The van der Waals surface area contributed by atoms with E-state index < -0.39 is 5.91 Å². The maximum absolute atomic E-state index is 11.3. The van der Waals surface area contributed by atoms with Gasteiger partial charge < -0.3 is 10.8 Å². The van der Waals surface area contributed by atoms with Gasteiger partial charge >= 0.3 is 0 Å². The fraction of sp³-hybridized carbons (Fsp3) is 0. The van der Waals surface area contributed by atoms with E-state index >= 15 is 0 Å². The molecule has 0 atom stereocenters. The van der Waals surface area contributed by atoms with E-state index in [4.69, 9.17) is 5.73 Å². The van der Waals surface area contributed by atoms with Gasteiger partial charge in [0.2, 0.25) is 0 Å². The Kier molecular flexibility index (Phi) is 3.33. The highest BCUT2D eigenvalue weighted by Gasteiger charge is 2.12. The first kappa shape index (κ1) is 13.2. The van der Waals surface area contributed by atoms with E-state index in [2.05, 4.69) is 15.0 Å². The Bertz CT molecular complexity index is 802. The molecule has 1 amide bonds. The van der Waals surface area contributed by atoms with Crippen molar-refractivity contribution >= 4 is 17.2 Å². The van der Waals surface area contributed by atoms with Crippen molar-refractivity contribution in [1.82, 2.24) is 15.0 Å². The van der Waals surface area contributed by atoms with E-state index in [0.717, 1.165) is 5.01 Å². The maximum Gasteiger partial charge on any atom is 0.252 e. The van der Waals surface area contributed by atoms with Gasteiger partial charge in [0.1, 0.15) is 16.5 Å². The molecule has 0 fully saturated rings. The van der Waals surface area contributed by atoms with E-state index in [1.54, 1.807) is 24.7 Å². The number of nitrogens with zero attached hydrogens (tertiary/aromatic N) is 3. The number of hydrogen-bond donors (Lipinski definition) is 2. The van der Waals surface area contributed by atoms with Gasteiger partial charge in [0, 0.05) is 23.3 Å². The number of rotatable bonds is 3. The smallest absolute Gasteiger partial charge is 0.252 e. The molecule has 2 aromatic heterocycles. The minimum Gasteiger partial charge on any atom is -0.507 e. The van der Waals surface area contributed by atoms with Crippen LogP contribution in [0.15, 0.2) is 42.2 Å². The average Bonchev–Trinajstić information content (AvgIpc) is 2.98. The van der Waals surface area contributed by atoms with Gasteiger partial charge in [-0.05, 0) is 18.2 Å². The van der Waals surface area contributed by atoms with E-state index in [9.17, 15) is 9.90 Å². The molecule has 0 aliphatic heterocycles. The molecule has 0 saturated heterocycles. The minimum atomic E-state index is -0.682. The molecular formula is C14H10N4O2S. The molecule has 0 spiro atoms. The largest absolute Gasteiger partial charge is 0.507 e. The van der Waals surface area contributed by atoms with E-state index in [1.807, 2.05) is 5.38 Å². The van der Waals surface area contributed by atoms with Gasteiger partial charge in [0.15, 0.2) is 0 Å². The van der Waals surface area contributed by atoms with Crippen molar-refractivity contribution in [2.24, 2.45) is 5.73 Å². The molecular weight excluding hydrogens is 288 g/mol. The molecule has 3 N–H and O–H groups in total. The second kappa shape index (κ2) is 5.29. The Morgan fingerprint density at radius 1 is 1.24 bits per heavy atom. The number of nitrogens with two attached hydrogens (primary N) is 1. The summed E-state index contributed by atoms with van der Waals surface area (Å²) in [5.74, 6) is -0.825. The van der Waals surface area contributed by atoms with Crippen molar-refractivity contribution in [3.63, 3.8) is 0 Å². The summed E-state index contributed by atoms with van der Waals surface area (Å²) in [4.78, 5) is 23.9. The number of aromatic hydroxyl groups is 1. The highest BCUT2D eigenvalue weighted by atomic mass is 32.1. The zero-order valence-corrected chi connectivity index (χ0v) is 11.5. The Morgan fingerprint density at radius 3 is 2.81 bits per heavy atom. The fourth-order valence-corrected chi connectivity index (χ4v) is 2.62. The van der Waals surface area contributed by atoms with Gasteiger partial charge in [-0.3, -0.25) is 14.8 Å². The van der Waals surface area contributed by atoms with Crippen molar-refractivity contribution in [3.05, 3.63) is 47.7 Å². The summed E-state index contributed by atoms with van der Waals surface area (Å²) in [5.41, 5.74) is 7.36. The first-order chi connectivity index (χ1) is 10.1. The zero-order chi connectivity index (χ0) is 14.8. The van der Waals surface area contributed by atoms with Crippen molar-refractivity contribution in [1.29, 1.82) is 0 Å². The lowest BCUT2D eigenvalue weighted by molar-refractivity contribution is 0.0998. The average molecular weight is 298 g/mol. The molecule has 0 aliphatic rings. The summed E-state index contributed by atoms with van der Waals surface area (Å²) in [6, 6.07) is 4.63. The number of hydrogen-bond acceptors (Lipinski definition) is 6. The summed E-state index contributed by atoms with van der Waals surface area (Å²) >= 11 is 1.42. The van der Waals surface area contributed by atoms with Crippen molar-refractivity contribution < 1.29 is 9.90 Å². The molecule has 0 saturated carbocycles. The van der Waals surface area contributed by atoms with Gasteiger partial charge in [-0.15, -0.1) is 11.3 Å². The lowest BCUT2D eigenvalue weighted by Crippen LogP contribution is -2.11. The van der Waals surface area contributed by atoms with Crippen molar-refractivity contribution in [2.75, 3.05) is 0 Å². The summed E-state index contributed by atoms with van der Waals surface area (Å²) in [6.07, 6.45) is 4.83. The first-order valence-corrected chi connectivity index (χ1v) is 6.88. The third-order valence-electron chi connectivity index (χ3n) is 2.84. The Labute approximate surface area is 124 Å². The lowest BCUT2D eigenvalue weighted by Gasteiger charge is -2.02. The van der Waals surface area contributed by atoms with Crippen LogP contribution in [0.3, 0.4) is 0 Å². The van der Waals surface area contributed by atoms with Gasteiger partial charge in [0.05, 0.1) is 17.5 Å². The van der Waals surface area contributed by atoms with Gasteiger partial charge in [-0.25, -0.2) is 4.98 Å². The summed E-state index contributed by atoms with van der Waals surface area (Å²) in [7, 11) is 0. The second-order valence-corrected chi connectivity index (χ2v) is 5.08. The third-order valence-corrected chi connectivity index (χ3v) is 3.71. The van der Waals surface area contributed by atoms with Gasteiger partial charge in [-0.1, -0.05) is 0 Å². The number of aromatic nitrogens is 3. The van der Waals surface area contributed by atoms with Crippen LogP contribution in [0.2, 0.25) is 0 Å². The van der Waals surface area contributed by atoms with Crippen LogP contribution in [0.25, 0.3) is 22.0 Å². The van der Waals surface area contributed by atoms with E-state index in [1.165, 1.54) is 23.5 Å². The summed E-state index contributed by atoms with van der Waals surface area (Å²) in [5, 5.41) is 12.2. The molecule has 0 bridgehead atoms. The maximum atomic E-state index is 11.3. The molecule has 21 heavy (non-hydrogen) atoms. The number of carbonyl (C=O) groups excluding carboxylic acids is 1. The van der Waals surface area contributed by atoms with Crippen LogP contribution in [0.5, 0.6) is 5.75 Å². The molecule has 0 aliphatic carbocycles. The van der Waals surface area contributed by atoms with Crippen LogP contribution in [-0.4, -0.2) is 26.0 Å². The van der Waals surface area contributed by atoms with Crippen LogP contribution < -0.4 is 5.73 Å². The van der Waals surface area contributed by atoms with E-state index in [-0.39, 0.29) is 11.3 Å². The highest BCUT2D eigenvalue weighted by molar-refractivity contribution is 7.13. The lowest BCUT2D eigenvalue weighted by atomic mass is 10.1. The molecule has 1 aromatic carbocycles. The zero-order valence-electron chi connectivity index (χ0n) is 10.7. The van der Waals surface area contributed by atoms with Crippen LogP contribution in [-0.2, 0) is 0 Å². The molecule has 0 unspecified atom stereocenters. The van der Waals surface area contributed by atoms with Crippen LogP contribution in [0.4, 0.5) is 0 Å². The molecule has 7 heteroatoms. The van der Waals surface area contributed by atoms with Gasteiger partial charge in [0.25, 0.3) is 5.91 Å². The van der Waals surface area contributed by atoms with E-state index in [0.29, 0.717) is 17.0 Å². The quantitative estimate of drug-likeness (QED) is 0.770. The van der Waals surface area contributed by atoms with Crippen LogP contribution >= 0.6 is 11.3 Å². The monoisotopic (exact) mass is 298 g/mol. The molecule has 6 nitrogen and oxygen atoms in total. The Hall–Kier alpha value is -2.80. The molecule has 2 heterocycles. The second-order valence-electron chi connectivity index (χ2n) is 4.22. The van der Waals surface area contributed by atoms with Crippen LogP contribution in [0.1, 0.15) is 10.4 Å². The Balaban J connectivity index is 2.01. The first-order valence-electron chi connectivity index (χ1n) is 6.00. The molecule has 104 valence electrons. The summed E-state index contributed by atoms with van der Waals surface area (Å²) < 4.78 is 0. The fourth-order valence-electron chi connectivity index (χ4n) is 1.83. The standard InChI is InChI=1S/C14H10N4O2S/c15-13(20)9-5-8(1-2-12(9)19)11-7-21-14(18-11)10-6-16-3-4-17-10/h1-7,19H,(H2,15,20). The number of carbonyl (C=O) groups is 1. The molecule has 3 rings (SSSR count). The number of benzene rings is 1. The van der Waals surface area contributed by atoms with Crippen molar-refractivity contribution in [3.8, 4) is 27.7 Å². The SMILES string of the molecule is NC(=O)c1cc(-c2csc(-c3cnccn3)n2)ccc1O. The molecule has 3 aromatic rings. The minimum absolute atomic E-state index is 0.0709. The third kappa shape index (κ3) is 2.59. The Morgan fingerprint density at radius 2 is 2.10 bits per heavy atom. The van der Waals surface area contributed by atoms with Crippen LogP contribution in [0, 0.1) is 0 Å². The van der Waals surface area contributed by atoms with Gasteiger partial charge in [-0.2, -0.15) is 0 Å². The predicted octanol–water partition coefficient (Wildman–Crippen LogP) is 2.07.